The third-order valence-electron chi connectivity index (χ3n) is 6.43. The fraction of sp³-hybridized carbons (Fsp3) is 0.409. The molecular weight excluding hydrogens is 358 g/mol. The Morgan fingerprint density at radius 1 is 0.964 bits per heavy atom. The van der Waals surface area contributed by atoms with Crippen LogP contribution >= 0.6 is 0 Å². The predicted octanol–water partition coefficient (Wildman–Crippen LogP) is 2.87. The van der Waals surface area contributed by atoms with Crippen molar-refractivity contribution in [2.24, 2.45) is 5.92 Å². The van der Waals surface area contributed by atoms with Gasteiger partial charge in [-0.1, -0.05) is 18.2 Å². The third kappa shape index (κ3) is 2.09. The molecule has 6 heteroatoms. The maximum atomic E-state index is 13.9. The van der Waals surface area contributed by atoms with Crippen LogP contribution in [0.5, 0.6) is 17.2 Å². The highest BCUT2D eigenvalue weighted by Crippen LogP contribution is 2.55. The molecule has 0 N–H and O–H groups in total. The van der Waals surface area contributed by atoms with Crippen molar-refractivity contribution in [1.82, 2.24) is 0 Å². The van der Waals surface area contributed by atoms with Gasteiger partial charge in [0.25, 0.3) is 0 Å². The number of nitrogens with zero attached hydrogens (tertiary/aromatic N) is 1. The second-order valence-corrected chi connectivity index (χ2v) is 7.88. The van der Waals surface area contributed by atoms with Gasteiger partial charge >= 0.3 is 0 Å². The van der Waals surface area contributed by atoms with Gasteiger partial charge in [-0.3, -0.25) is 4.79 Å². The molecule has 0 bridgehead atoms. The topological polar surface area (TPSA) is 57.2 Å². The normalized spacial score (nSPS) is 25.1. The lowest BCUT2D eigenvalue weighted by Crippen LogP contribution is -2.44. The smallest absolute Gasteiger partial charge is 0.245 e. The Bertz CT molecular complexity index is 967. The molecule has 0 aliphatic carbocycles. The monoisotopic (exact) mass is 379 g/mol. The van der Waals surface area contributed by atoms with Gasteiger partial charge in [-0.05, 0) is 36.5 Å². The SMILES string of the molecule is O=C1N(CC2CCOCC2)c2ccccc2C12COc1cc3c(cc12)OCO3. The van der Waals surface area contributed by atoms with Gasteiger partial charge in [-0.25, -0.2) is 0 Å². The van der Waals surface area contributed by atoms with Crippen LogP contribution in [0.15, 0.2) is 36.4 Å². The fourth-order valence-electron chi connectivity index (χ4n) is 4.93. The summed E-state index contributed by atoms with van der Waals surface area (Å²) in [6, 6.07) is 11.9. The van der Waals surface area contributed by atoms with Gasteiger partial charge in [-0.2, -0.15) is 0 Å². The molecule has 0 radical (unpaired) electrons. The number of carbonyl (C=O) groups excluding carboxylic acids is 1. The van der Waals surface area contributed by atoms with Crippen molar-refractivity contribution in [1.29, 1.82) is 0 Å². The molecule has 1 saturated heterocycles. The second kappa shape index (κ2) is 5.88. The Labute approximate surface area is 162 Å². The van der Waals surface area contributed by atoms with Gasteiger partial charge in [0.15, 0.2) is 11.5 Å². The molecule has 28 heavy (non-hydrogen) atoms. The van der Waals surface area contributed by atoms with E-state index >= 15 is 0 Å². The lowest BCUT2D eigenvalue weighted by atomic mass is 9.77. The fourth-order valence-corrected chi connectivity index (χ4v) is 4.93. The van der Waals surface area contributed by atoms with Crippen molar-refractivity contribution in [2.45, 2.75) is 18.3 Å². The molecule has 0 saturated carbocycles. The number of para-hydroxylation sites is 1. The van der Waals surface area contributed by atoms with Gasteiger partial charge in [0.2, 0.25) is 12.7 Å². The summed E-state index contributed by atoms with van der Waals surface area (Å²) in [7, 11) is 0. The van der Waals surface area contributed by atoms with E-state index in [1.165, 1.54) is 0 Å². The van der Waals surface area contributed by atoms with Gasteiger partial charge < -0.3 is 23.8 Å². The highest BCUT2D eigenvalue weighted by molar-refractivity contribution is 6.11. The van der Waals surface area contributed by atoms with E-state index in [1.807, 2.05) is 35.2 Å². The van der Waals surface area contributed by atoms with E-state index in [1.54, 1.807) is 0 Å². The van der Waals surface area contributed by atoms with Crippen molar-refractivity contribution in [3.8, 4) is 17.2 Å². The molecule has 1 amide bonds. The first kappa shape index (κ1) is 16.2. The van der Waals surface area contributed by atoms with E-state index < -0.39 is 5.41 Å². The standard InChI is InChI=1S/C22H21NO5/c24-21-22(12-26-18-10-20-19(9-16(18)22)27-13-28-20)15-3-1-2-4-17(15)23(21)11-14-5-7-25-8-6-14/h1-4,9-10,14H,5-8,11-13H2. The lowest BCUT2D eigenvalue weighted by Gasteiger charge is -2.29. The van der Waals surface area contributed by atoms with E-state index in [2.05, 4.69) is 6.07 Å². The summed E-state index contributed by atoms with van der Waals surface area (Å²) in [6.07, 6.45) is 1.98. The van der Waals surface area contributed by atoms with E-state index in [4.69, 9.17) is 18.9 Å². The number of hydrogen-bond acceptors (Lipinski definition) is 5. The molecular formula is C22H21NO5. The average Bonchev–Trinajstić information content (AvgIpc) is 3.40. The quantitative estimate of drug-likeness (QED) is 0.803. The van der Waals surface area contributed by atoms with Gasteiger partial charge in [-0.15, -0.1) is 0 Å². The molecule has 1 atom stereocenters. The van der Waals surface area contributed by atoms with Crippen LogP contribution in [0.2, 0.25) is 0 Å². The van der Waals surface area contributed by atoms with E-state index in [0.29, 0.717) is 29.8 Å². The van der Waals surface area contributed by atoms with Crippen molar-refractivity contribution in [3.05, 3.63) is 47.5 Å². The van der Waals surface area contributed by atoms with Crippen molar-refractivity contribution < 1.29 is 23.7 Å². The van der Waals surface area contributed by atoms with Crippen molar-refractivity contribution in [3.63, 3.8) is 0 Å². The maximum Gasteiger partial charge on any atom is 0.245 e. The summed E-state index contributed by atoms with van der Waals surface area (Å²) >= 11 is 0. The largest absolute Gasteiger partial charge is 0.491 e. The number of anilines is 1. The first-order valence-corrected chi connectivity index (χ1v) is 9.83. The molecule has 0 aromatic heterocycles. The van der Waals surface area contributed by atoms with Gasteiger partial charge in [0, 0.05) is 37.1 Å². The number of amides is 1. The van der Waals surface area contributed by atoms with Gasteiger partial charge in [0.1, 0.15) is 17.8 Å². The number of rotatable bonds is 2. The minimum atomic E-state index is -0.807. The van der Waals surface area contributed by atoms with Gasteiger partial charge in [0.05, 0.1) is 0 Å². The van der Waals surface area contributed by atoms with Crippen LogP contribution in [0.25, 0.3) is 0 Å². The van der Waals surface area contributed by atoms with Crippen LogP contribution in [-0.4, -0.2) is 39.1 Å². The second-order valence-electron chi connectivity index (χ2n) is 7.88. The van der Waals surface area contributed by atoms with Crippen LogP contribution < -0.4 is 19.1 Å². The predicted molar refractivity (Wildman–Crippen MR) is 101 cm³/mol. The van der Waals surface area contributed by atoms with E-state index in [9.17, 15) is 4.79 Å². The molecule has 2 aromatic rings. The van der Waals surface area contributed by atoms with Crippen LogP contribution in [-0.2, 0) is 14.9 Å². The summed E-state index contributed by atoms with van der Waals surface area (Å²) in [5.41, 5.74) is 2.08. The molecule has 4 heterocycles. The zero-order valence-electron chi connectivity index (χ0n) is 15.5. The zero-order valence-corrected chi connectivity index (χ0v) is 15.5. The number of carbonyl (C=O) groups is 1. The average molecular weight is 379 g/mol. The molecule has 4 aliphatic heterocycles. The van der Waals surface area contributed by atoms with Crippen LogP contribution in [0.3, 0.4) is 0 Å². The summed E-state index contributed by atoms with van der Waals surface area (Å²) in [6.45, 7) is 2.78. The summed E-state index contributed by atoms with van der Waals surface area (Å²) in [5.74, 6) is 2.61. The Morgan fingerprint density at radius 2 is 1.75 bits per heavy atom. The summed E-state index contributed by atoms with van der Waals surface area (Å²) < 4.78 is 22.6. The lowest BCUT2D eigenvalue weighted by molar-refractivity contribution is -0.122. The Kier molecular flexibility index (Phi) is 3.41. The number of ether oxygens (including phenoxy) is 4. The highest BCUT2D eigenvalue weighted by Gasteiger charge is 2.57. The number of benzene rings is 2. The molecule has 1 unspecified atom stereocenters. The minimum absolute atomic E-state index is 0.0952. The summed E-state index contributed by atoms with van der Waals surface area (Å²) in [5, 5.41) is 0. The van der Waals surface area contributed by atoms with Crippen molar-refractivity contribution in [2.75, 3.05) is 38.1 Å². The molecule has 6 rings (SSSR count). The van der Waals surface area contributed by atoms with Crippen LogP contribution in [0, 0.1) is 5.92 Å². The highest BCUT2D eigenvalue weighted by atomic mass is 16.7. The van der Waals surface area contributed by atoms with E-state index in [0.717, 1.165) is 49.4 Å². The Balaban J connectivity index is 1.46. The Morgan fingerprint density at radius 3 is 2.61 bits per heavy atom. The molecule has 144 valence electrons. The maximum absolute atomic E-state index is 13.9. The first-order valence-electron chi connectivity index (χ1n) is 9.83. The number of fused-ring (bicyclic) bond motifs is 5. The zero-order chi connectivity index (χ0) is 18.7. The number of hydrogen-bond donors (Lipinski definition) is 0. The minimum Gasteiger partial charge on any atom is -0.491 e. The molecule has 6 nitrogen and oxygen atoms in total. The first-order chi connectivity index (χ1) is 13.8. The molecule has 1 spiro atoms. The molecule has 4 aliphatic rings. The van der Waals surface area contributed by atoms with E-state index in [-0.39, 0.29) is 12.7 Å². The molecule has 2 aromatic carbocycles. The Hall–Kier alpha value is -2.73. The van der Waals surface area contributed by atoms with Crippen molar-refractivity contribution >= 4 is 11.6 Å². The van der Waals surface area contributed by atoms with Crippen LogP contribution in [0.4, 0.5) is 5.69 Å². The molecule has 1 fully saturated rings. The van der Waals surface area contributed by atoms with Crippen LogP contribution in [0.1, 0.15) is 24.0 Å². The summed E-state index contributed by atoms with van der Waals surface area (Å²) in [4.78, 5) is 15.8. The third-order valence-corrected chi connectivity index (χ3v) is 6.43.